The molecule has 2 unspecified atom stereocenters. The predicted molar refractivity (Wildman–Crippen MR) is 37.1 cm³/mol. The van der Waals surface area contributed by atoms with E-state index in [4.69, 9.17) is 5.26 Å². The minimum absolute atomic E-state index is 0.0127. The van der Waals surface area contributed by atoms with Gasteiger partial charge in [0.05, 0.1) is 12.0 Å². The minimum Gasteiger partial charge on any atom is -0.299 e. The van der Waals surface area contributed by atoms with Crippen LogP contribution in [0.25, 0.3) is 0 Å². The van der Waals surface area contributed by atoms with Gasteiger partial charge in [-0.25, -0.2) is 0 Å². The molecule has 2 heteroatoms. The van der Waals surface area contributed by atoms with Crippen LogP contribution in [0.4, 0.5) is 0 Å². The highest BCUT2D eigenvalue weighted by Gasteiger charge is 2.27. The first-order chi connectivity index (χ1) is 4.75. The van der Waals surface area contributed by atoms with Gasteiger partial charge in [0.2, 0.25) is 0 Å². The van der Waals surface area contributed by atoms with Gasteiger partial charge in [-0.3, -0.25) is 4.79 Å². The van der Waals surface area contributed by atoms with Crippen LogP contribution in [0.5, 0.6) is 0 Å². The molecule has 0 aromatic rings. The lowest BCUT2D eigenvalue weighted by molar-refractivity contribution is -0.125. The van der Waals surface area contributed by atoms with E-state index >= 15 is 0 Å². The van der Waals surface area contributed by atoms with Crippen LogP contribution in [-0.2, 0) is 4.79 Å². The zero-order chi connectivity index (χ0) is 7.56. The summed E-state index contributed by atoms with van der Waals surface area (Å²) in [5.41, 5.74) is 0. The molecule has 0 amide bonds. The number of nitriles is 1. The van der Waals surface area contributed by atoms with Crippen LogP contribution in [-0.4, -0.2) is 5.78 Å². The minimum atomic E-state index is -0.0150. The van der Waals surface area contributed by atoms with Gasteiger partial charge >= 0.3 is 0 Å². The highest BCUT2D eigenvalue weighted by atomic mass is 16.1. The lowest BCUT2D eigenvalue weighted by Crippen LogP contribution is -2.24. The Hall–Kier alpha value is -0.840. The smallest absolute Gasteiger partial charge is 0.137 e. The maximum Gasteiger partial charge on any atom is 0.137 e. The van der Waals surface area contributed by atoms with Gasteiger partial charge in [0.25, 0.3) is 0 Å². The van der Waals surface area contributed by atoms with Gasteiger partial charge in [0, 0.05) is 12.3 Å². The topological polar surface area (TPSA) is 40.9 Å². The summed E-state index contributed by atoms with van der Waals surface area (Å²) >= 11 is 0. The fourth-order valence-corrected chi connectivity index (χ4v) is 1.37. The van der Waals surface area contributed by atoms with Gasteiger partial charge in [-0.1, -0.05) is 6.92 Å². The van der Waals surface area contributed by atoms with E-state index < -0.39 is 0 Å². The normalized spacial score (nSPS) is 33.4. The van der Waals surface area contributed by atoms with E-state index in [2.05, 4.69) is 6.07 Å². The molecular formula is C8H11NO. The molecule has 1 aliphatic carbocycles. The number of Topliss-reactive ketones (excluding diaryl/α,β-unsaturated/α-hetero) is 1. The summed E-state index contributed by atoms with van der Waals surface area (Å²) in [5.74, 6) is 0.234. The molecule has 2 atom stereocenters. The van der Waals surface area contributed by atoms with Crippen LogP contribution in [0, 0.1) is 23.2 Å². The number of hydrogen-bond donors (Lipinski definition) is 0. The first-order valence-electron chi connectivity index (χ1n) is 3.68. The van der Waals surface area contributed by atoms with Crippen molar-refractivity contribution in [1.82, 2.24) is 0 Å². The van der Waals surface area contributed by atoms with Gasteiger partial charge in [0.1, 0.15) is 5.78 Å². The second-order valence-corrected chi connectivity index (χ2v) is 2.88. The molecule has 0 bridgehead atoms. The largest absolute Gasteiger partial charge is 0.299 e. The molecule has 0 heterocycles. The number of carbonyl (C=O) groups is 1. The van der Waals surface area contributed by atoms with Crippen molar-refractivity contribution in [3.05, 3.63) is 0 Å². The number of hydrogen-bond acceptors (Lipinski definition) is 2. The molecule has 1 saturated carbocycles. The third-order valence-corrected chi connectivity index (χ3v) is 2.22. The molecule has 0 aromatic carbocycles. The third kappa shape index (κ3) is 1.18. The Labute approximate surface area is 60.8 Å². The zero-order valence-electron chi connectivity index (χ0n) is 6.13. The van der Waals surface area contributed by atoms with E-state index in [-0.39, 0.29) is 17.6 Å². The van der Waals surface area contributed by atoms with E-state index in [1.165, 1.54) is 0 Å². The van der Waals surface area contributed by atoms with Crippen LogP contribution >= 0.6 is 0 Å². The fraction of sp³-hybridized carbons (Fsp3) is 0.750. The lowest BCUT2D eigenvalue weighted by atomic mass is 9.80. The maximum atomic E-state index is 11.0. The SMILES string of the molecule is CC1C(=O)CCCC1C#N. The molecule has 0 aromatic heterocycles. The average molecular weight is 137 g/mol. The monoisotopic (exact) mass is 137 g/mol. The van der Waals surface area contributed by atoms with E-state index in [0.717, 1.165) is 12.8 Å². The van der Waals surface area contributed by atoms with Crippen LogP contribution < -0.4 is 0 Å². The summed E-state index contributed by atoms with van der Waals surface area (Å²) in [6.07, 6.45) is 2.49. The zero-order valence-corrected chi connectivity index (χ0v) is 6.13. The number of nitrogens with zero attached hydrogens (tertiary/aromatic N) is 1. The molecular weight excluding hydrogens is 126 g/mol. The molecule has 0 aliphatic heterocycles. The molecule has 1 aliphatic rings. The van der Waals surface area contributed by atoms with Gasteiger partial charge in [-0.2, -0.15) is 5.26 Å². The van der Waals surface area contributed by atoms with Gasteiger partial charge in [-0.05, 0) is 12.8 Å². The van der Waals surface area contributed by atoms with Crippen molar-refractivity contribution in [2.75, 3.05) is 0 Å². The number of carbonyl (C=O) groups excluding carboxylic acids is 1. The Kier molecular flexibility index (Phi) is 2.06. The molecule has 2 nitrogen and oxygen atoms in total. The highest BCUT2D eigenvalue weighted by molar-refractivity contribution is 5.81. The molecule has 0 radical (unpaired) electrons. The summed E-state index contributed by atoms with van der Waals surface area (Å²) in [6.45, 7) is 1.86. The first kappa shape index (κ1) is 7.27. The quantitative estimate of drug-likeness (QED) is 0.507. The second-order valence-electron chi connectivity index (χ2n) is 2.88. The van der Waals surface area contributed by atoms with E-state index in [0.29, 0.717) is 6.42 Å². The summed E-state index contributed by atoms with van der Waals surface area (Å²) in [7, 11) is 0. The van der Waals surface area contributed by atoms with Crippen molar-refractivity contribution in [2.45, 2.75) is 26.2 Å². The Morgan fingerprint density at radius 3 is 2.90 bits per heavy atom. The average Bonchev–Trinajstić information content (AvgIpc) is 1.95. The van der Waals surface area contributed by atoms with Crippen LogP contribution in [0.1, 0.15) is 26.2 Å². The molecule has 0 spiro atoms. The molecule has 0 saturated heterocycles. The lowest BCUT2D eigenvalue weighted by Gasteiger charge is -2.21. The van der Waals surface area contributed by atoms with Crippen LogP contribution in [0.15, 0.2) is 0 Å². The Morgan fingerprint density at radius 2 is 2.40 bits per heavy atom. The van der Waals surface area contributed by atoms with Crippen molar-refractivity contribution in [2.24, 2.45) is 11.8 Å². The molecule has 0 N–H and O–H groups in total. The van der Waals surface area contributed by atoms with Crippen LogP contribution in [0.3, 0.4) is 0 Å². The predicted octanol–water partition coefficient (Wildman–Crippen LogP) is 1.52. The molecule has 10 heavy (non-hydrogen) atoms. The Morgan fingerprint density at radius 1 is 1.70 bits per heavy atom. The van der Waals surface area contributed by atoms with E-state index in [9.17, 15) is 4.79 Å². The van der Waals surface area contributed by atoms with Crippen molar-refractivity contribution in [3.63, 3.8) is 0 Å². The van der Waals surface area contributed by atoms with Gasteiger partial charge < -0.3 is 0 Å². The van der Waals surface area contributed by atoms with E-state index in [1.807, 2.05) is 6.92 Å². The summed E-state index contributed by atoms with van der Waals surface area (Å²) in [5, 5.41) is 8.58. The molecule has 1 rings (SSSR count). The third-order valence-electron chi connectivity index (χ3n) is 2.22. The van der Waals surface area contributed by atoms with Crippen molar-refractivity contribution in [1.29, 1.82) is 5.26 Å². The van der Waals surface area contributed by atoms with Crippen molar-refractivity contribution in [3.8, 4) is 6.07 Å². The number of rotatable bonds is 0. The Bertz CT molecular complexity index is 180. The second kappa shape index (κ2) is 2.83. The van der Waals surface area contributed by atoms with E-state index in [1.54, 1.807) is 0 Å². The standard InChI is InChI=1S/C8H11NO/c1-6-7(5-9)3-2-4-8(6)10/h6-7H,2-4H2,1H3. The molecule has 1 fully saturated rings. The first-order valence-corrected chi connectivity index (χ1v) is 3.68. The van der Waals surface area contributed by atoms with Crippen LogP contribution in [0.2, 0.25) is 0 Å². The molecule has 54 valence electrons. The Balaban J connectivity index is 2.61. The van der Waals surface area contributed by atoms with Crippen molar-refractivity contribution >= 4 is 5.78 Å². The highest BCUT2D eigenvalue weighted by Crippen LogP contribution is 2.25. The van der Waals surface area contributed by atoms with Gasteiger partial charge in [-0.15, -0.1) is 0 Å². The number of ketones is 1. The summed E-state index contributed by atoms with van der Waals surface area (Å²) < 4.78 is 0. The maximum absolute atomic E-state index is 11.0. The van der Waals surface area contributed by atoms with Gasteiger partial charge in [0.15, 0.2) is 0 Å². The summed E-state index contributed by atoms with van der Waals surface area (Å²) in [4.78, 5) is 11.0. The fourth-order valence-electron chi connectivity index (χ4n) is 1.37. The van der Waals surface area contributed by atoms with Crippen molar-refractivity contribution < 1.29 is 4.79 Å². The summed E-state index contributed by atoms with van der Waals surface area (Å²) in [6, 6.07) is 2.16.